The molecule has 108 valence electrons. The lowest BCUT2D eigenvalue weighted by atomic mass is 10.1. The Hall–Kier alpha value is -1.37. The van der Waals surface area contributed by atoms with E-state index in [4.69, 9.17) is 16.0 Å². The van der Waals surface area contributed by atoms with Gasteiger partial charge in [-0.25, -0.2) is 0 Å². The number of hydrogen-bond acceptors (Lipinski definition) is 5. The molecule has 0 radical (unpaired) electrons. The molecule has 2 heterocycles. The van der Waals surface area contributed by atoms with Gasteiger partial charge in [0.05, 0.1) is 0 Å². The Morgan fingerprint density at radius 1 is 1.38 bits per heavy atom. The molecule has 0 saturated carbocycles. The van der Waals surface area contributed by atoms with E-state index in [9.17, 15) is 0 Å². The van der Waals surface area contributed by atoms with Crippen molar-refractivity contribution >= 4 is 44.6 Å². The summed E-state index contributed by atoms with van der Waals surface area (Å²) in [5.41, 5.74) is 3.08. The van der Waals surface area contributed by atoms with E-state index in [1.807, 2.05) is 24.3 Å². The molecule has 0 aliphatic heterocycles. The highest BCUT2D eigenvalue weighted by Gasteiger charge is 2.08. The molecule has 0 aliphatic carbocycles. The van der Waals surface area contributed by atoms with Crippen LogP contribution in [0.4, 0.5) is 5.69 Å². The number of nitrogens with zero attached hydrogens (tertiary/aromatic N) is 2. The van der Waals surface area contributed by atoms with Gasteiger partial charge in [-0.05, 0) is 46.6 Å². The van der Waals surface area contributed by atoms with E-state index in [2.05, 4.69) is 38.4 Å². The predicted molar refractivity (Wildman–Crippen MR) is 88.8 cm³/mol. The van der Waals surface area contributed by atoms with Gasteiger partial charge < -0.3 is 9.73 Å². The van der Waals surface area contributed by atoms with Crippen molar-refractivity contribution in [2.24, 2.45) is 0 Å². The van der Waals surface area contributed by atoms with Crippen LogP contribution in [0.2, 0.25) is 4.34 Å². The second-order valence-corrected chi connectivity index (χ2v) is 7.05. The smallest absolute Gasteiger partial charge is 0.247 e. The molecule has 0 unspecified atom stereocenters. The Labute approximate surface area is 139 Å². The van der Waals surface area contributed by atoms with Gasteiger partial charge in [-0.3, -0.25) is 0 Å². The fourth-order valence-electron chi connectivity index (χ4n) is 1.91. The van der Waals surface area contributed by atoms with Crippen LogP contribution in [-0.2, 0) is 6.54 Å². The van der Waals surface area contributed by atoms with Gasteiger partial charge >= 0.3 is 0 Å². The normalized spacial score (nSPS) is 10.8. The van der Waals surface area contributed by atoms with E-state index in [1.54, 1.807) is 11.3 Å². The number of aromatic nitrogens is 2. The lowest BCUT2D eigenvalue weighted by Gasteiger charge is -2.09. The quantitative estimate of drug-likeness (QED) is 0.677. The molecule has 0 spiro atoms. The highest BCUT2D eigenvalue weighted by molar-refractivity contribution is 9.10. The molecule has 21 heavy (non-hydrogen) atoms. The molecule has 0 amide bonds. The highest BCUT2D eigenvalue weighted by Crippen LogP contribution is 2.32. The fourth-order valence-corrected chi connectivity index (χ4v) is 3.64. The third-order valence-corrected chi connectivity index (χ3v) is 5.47. The summed E-state index contributed by atoms with van der Waals surface area (Å²) in [5, 5.41) is 11.0. The third-order valence-electron chi connectivity index (χ3n) is 2.99. The minimum Gasteiger partial charge on any atom is -0.423 e. The molecule has 0 fully saturated rings. The zero-order valence-electron chi connectivity index (χ0n) is 11.1. The van der Waals surface area contributed by atoms with Crippen LogP contribution in [0.3, 0.4) is 0 Å². The number of nitrogens with one attached hydrogen (secondary N) is 1. The van der Waals surface area contributed by atoms with Crippen molar-refractivity contribution in [3.05, 3.63) is 49.9 Å². The van der Waals surface area contributed by atoms with Crippen molar-refractivity contribution in [2.75, 3.05) is 5.32 Å². The standard InChI is InChI=1S/C14H11BrClN3OS/c1-8-2-3-9(14-19-18-7-20-14)4-12(8)17-6-10-5-11(15)13(16)21-10/h2-5,7,17H,6H2,1H3. The van der Waals surface area contributed by atoms with Crippen LogP contribution in [0.5, 0.6) is 0 Å². The van der Waals surface area contributed by atoms with Crippen LogP contribution in [0.25, 0.3) is 11.5 Å². The monoisotopic (exact) mass is 383 g/mol. The van der Waals surface area contributed by atoms with Crippen LogP contribution in [0, 0.1) is 6.92 Å². The van der Waals surface area contributed by atoms with E-state index < -0.39 is 0 Å². The van der Waals surface area contributed by atoms with Crippen LogP contribution in [-0.4, -0.2) is 10.2 Å². The molecule has 3 rings (SSSR count). The predicted octanol–water partition coefficient (Wildman–Crippen LogP) is 5.13. The molecule has 0 atom stereocenters. The average Bonchev–Trinajstić information content (AvgIpc) is 3.09. The number of hydrogen-bond donors (Lipinski definition) is 1. The molecule has 0 bridgehead atoms. The number of halogens is 2. The lowest BCUT2D eigenvalue weighted by Crippen LogP contribution is -1.99. The van der Waals surface area contributed by atoms with Crippen LogP contribution < -0.4 is 5.32 Å². The SMILES string of the molecule is Cc1ccc(-c2nnco2)cc1NCc1cc(Br)c(Cl)s1. The maximum atomic E-state index is 6.05. The Bertz CT molecular complexity index is 738. The van der Waals surface area contributed by atoms with Gasteiger partial charge in [0, 0.05) is 27.1 Å². The first kappa shape index (κ1) is 14.6. The van der Waals surface area contributed by atoms with Crippen molar-refractivity contribution in [3.8, 4) is 11.5 Å². The third kappa shape index (κ3) is 3.28. The maximum absolute atomic E-state index is 6.05. The molecular formula is C14H11BrClN3OS. The average molecular weight is 385 g/mol. The van der Waals surface area contributed by atoms with Crippen LogP contribution in [0.15, 0.2) is 39.5 Å². The summed E-state index contributed by atoms with van der Waals surface area (Å²) in [4.78, 5) is 1.16. The Morgan fingerprint density at radius 2 is 2.24 bits per heavy atom. The number of benzene rings is 1. The number of anilines is 1. The topological polar surface area (TPSA) is 51.0 Å². The van der Waals surface area contributed by atoms with Gasteiger partial charge in [0.2, 0.25) is 12.3 Å². The summed E-state index contributed by atoms with van der Waals surface area (Å²) in [6.07, 6.45) is 1.33. The van der Waals surface area contributed by atoms with Crippen molar-refractivity contribution in [1.29, 1.82) is 0 Å². The molecular weight excluding hydrogens is 374 g/mol. The number of aryl methyl sites for hydroxylation is 1. The fraction of sp³-hybridized carbons (Fsp3) is 0.143. The first-order valence-electron chi connectivity index (χ1n) is 6.18. The lowest BCUT2D eigenvalue weighted by molar-refractivity contribution is 0.568. The first-order valence-corrected chi connectivity index (χ1v) is 8.17. The molecule has 1 aromatic carbocycles. The Morgan fingerprint density at radius 3 is 2.90 bits per heavy atom. The summed E-state index contributed by atoms with van der Waals surface area (Å²) in [6, 6.07) is 8.02. The van der Waals surface area contributed by atoms with Gasteiger partial charge in [0.1, 0.15) is 4.34 Å². The molecule has 4 nitrogen and oxygen atoms in total. The Balaban J connectivity index is 1.80. The molecule has 1 N–H and O–H groups in total. The number of rotatable bonds is 4. The summed E-state index contributed by atoms with van der Waals surface area (Å²) < 4.78 is 6.92. The van der Waals surface area contributed by atoms with E-state index in [0.717, 1.165) is 30.5 Å². The first-order chi connectivity index (χ1) is 10.1. The Kier molecular flexibility index (Phi) is 4.28. The summed E-state index contributed by atoms with van der Waals surface area (Å²) in [7, 11) is 0. The second kappa shape index (κ2) is 6.17. The van der Waals surface area contributed by atoms with Gasteiger partial charge in [-0.15, -0.1) is 21.5 Å². The van der Waals surface area contributed by atoms with E-state index >= 15 is 0 Å². The van der Waals surface area contributed by atoms with Gasteiger partial charge in [0.25, 0.3) is 0 Å². The van der Waals surface area contributed by atoms with Crippen molar-refractivity contribution < 1.29 is 4.42 Å². The van der Waals surface area contributed by atoms with Gasteiger partial charge in [-0.2, -0.15) is 0 Å². The van der Waals surface area contributed by atoms with Crippen molar-refractivity contribution in [3.63, 3.8) is 0 Å². The van der Waals surface area contributed by atoms with Crippen molar-refractivity contribution in [2.45, 2.75) is 13.5 Å². The van der Waals surface area contributed by atoms with Crippen LogP contribution >= 0.6 is 38.9 Å². The maximum Gasteiger partial charge on any atom is 0.247 e. The summed E-state index contributed by atoms with van der Waals surface area (Å²) >= 11 is 11.0. The van der Waals surface area contributed by atoms with Crippen LogP contribution in [0.1, 0.15) is 10.4 Å². The molecule has 0 aliphatic rings. The van der Waals surface area contributed by atoms with E-state index in [-0.39, 0.29) is 0 Å². The van der Waals surface area contributed by atoms with Gasteiger partial charge in [-0.1, -0.05) is 17.7 Å². The molecule has 3 aromatic rings. The van der Waals surface area contributed by atoms with E-state index in [0.29, 0.717) is 12.4 Å². The van der Waals surface area contributed by atoms with Crippen molar-refractivity contribution in [1.82, 2.24) is 10.2 Å². The van der Waals surface area contributed by atoms with E-state index in [1.165, 1.54) is 6.39 Å². The summed E-state index contributed by atoms with van der Waals surface area (Å²) in [6.45, 7) is 2.77. The molecule has 2 aromatic heterocycles. The zero-order valence-corrected chi connectivity index (χ0v) is 14.2. The second-order valence-electron chi connectivity index (χ2n) is 4.46. The zero-order chi connectivity index (χ0) is 14.8. The molecule has 7 heteroatoms. The van der Waals surface area contributed by atoms with Gasteiger partial charge in [0.15, 0.2) is 0 Å². The minimum absolute atomic E-state index is 0.514. The molecule has 0 saturated heterocycles. The largest absolute Gasteiger partial charge is 0.423 e. The number of thiophene rings is 1. The highest BCUT2D eigenvalue weighted by atomic mass is 79.9. The summed E-state index contributed by atoms with van der Waals surface area (Å²) in [5.74, 6) is 0.514. The minimum atomic E-state index is 0.514.